The van der Waals surface area contributed by atoms with Gasteiger partial charge in [-0.1, -0.05) is 45.0 Å². The standard InChI is InChI=1S/C26H26IN3O2S/c1-16-8-9-18(14-22(16)27)24(32)30-25(33)29-21-7-5-6-20(15-21)28-23(31)17-10-12-19(13-11-17)26(2,3)4/h5-15H,1-4H3,(H,28,31)(H2,29,30,32,33). The van der Waals surface area contributed by atoms with E-state index in [4.69, 9.17) is 12.2 Å². The lowest BCUT2D eigenvalue weighted by molar-refractivity contribution is 0.0976. The summed E-state index contributed by atoms with van der Waals surface area (Å²) in [5, 5.41) is 8.75. The molecule has 3 aromatic rings. The van der Waals surface area contributed by atoms with E-state index in [-0.39, 0.29) is 22.3 Å². The topological polar surface area (TPSA) is 70.2 Å². The van der Waals surface area contributed by atoms with E-state index in [2.05, 4.69) is 59.3 Å². The zero-order valence-electron chi connectivity index (χ0n) is 19.0. The normalized spacial score (nSPS) is 10.9. The average molecular weight is 571 g/mol. The highest BCUT2D eigenvalue weighted by atomic mass is 127. The third-order valence-electron chi connectivity index (χ3n) is 5.05. The van der Waals surface area contributed by atoms with Crippen molar-refractivity contribution in [1.82, 2.24) is 5.32 Å². The van der Waals surface area contributed by atoms with Gasteiger partial charge in [-0.25, -0.2) is 0 Å². The second-order valence-electron chi connectivity index (χ2n) is 8.73. The van der Waals surface area contributed by atoms with E-state index < -0.39 is 0 Å². The van der Waals surface area contributed by atoms with Crippen molar-refractivity contribution in [3.05, 3.63) is 92.6 Å². The molecule has 0 atom stereocenters. The van der Waals surface area contributed by atoms with E-state index in [1.807, 2.05) is 43.3 Å². The fourth-order valence-electron chi connectivity index (χ4n) is 3.07. The molecule has 0 bridgehead atoms. The molecule has 0 radical (unpaired) electrons. The molecule has 5 nitrogen and oxygen atoms in total. The van der Waals surface area contributed by atoms with E-state index in [1.54, 1.807) is 30.3 Å². The summed E-state index contributed by atoms with van der Waals surface area (Å²) in [4.78, 5) is 25.1. The van der Waals surface area contributed by atoms with Gasteiger partial charge in [-0.3, -0.25) is 14.9 Å². The average Bonchev–Trinajstić information content (AvgIpc) is 2.75. The Labute approximate surface area is 213 Å². The number of hydrogen-bond donors (Lipinski definition) is 3. The molecular weight excluding hydrogens is 545 g/mol. The largest absolute Gasteiger partial charge is 0.332 e. The lowest BCUT2D eigenvalue weighted by Crippen LogP contribution is -2.34. The number of amides is 2. The summed E-state index contributed by atoms with van der Waals surface area (Å²) in [7, 11) is 0. The molecule has 33 heavy (non-hydrogen) atoms. The first-order chi connectivity index (χ1) is 15.5. The Morgan fingerprint density at radius 3 is 2.03 bits per heavy atom. The van der Waals surface area contributed by atoms with Crippen LogP contribution in [0.4, 0.5) is 11.4 Å². The molecule has 0 aliphatic rings. The summed E-state index contributed by atoms with van der Waals surface area (Å²) in [6, 6.07) is 20.2. The number of carbonyl (C=O) groups excluding carboxylic acids is 2. The van der Waals surface area contributed by atoms with Crippen molar-refractivity contribution in [3.63, 3.8) is 0 Å². The van der Waals surface area contributed by atoms with Crippen LogP contribution in [0, 0.1) is 10.5 Å². The Bertz CT molecular complexity index is 1200. The van der Waals surface area contributed by atoms with Gasteiger partial charge in [0.15, 0.2) is 5.11 Å². The van der Waals surface area contributed by atoms with Crippen LogP contribution in [0.1, 0.15) is 52.6 Å². The number of nitrogens with one attached hydrogen (secondary N) is 3. The van der Waals surface area contributed by atoms with Crippen molar-refractivity contribution in [2.75, 3.05) is 10.6 Å². The molecule has 3 N–H and O–H groups in total. The lowest BCUT2D eigenvalue weighted by Gasteiger charge is -2.19. The highest BCUT2D eigenvalue weighted by Gasteiger charge is 2.15. The molecule has 0 saturated heterocycles. The molecule has 0 aromatic heterocycles. The van der Waals surface area contributed by atoms with Gasteiger partial charge in [0.2, 0.25) is 0 Å². The van der Waals surface area contributed by atoms with Crippen molar-refractivity contribution in [3.8, 4) is 0 Å². The smallest absolute Gasteiger partial charge is 0.257 e. The van der Waals surface area contributed by atoms with Crippen LogP contribution >= 0.6 is 34.8 Å². The molecule has 0 heterocycles. The second-order valence-corrected chi connectivity index (χ2v) is 10.3. The summed E-state index contributed by atoms with van der Waals surface area (Å²) < 4.78 is 1.01. The zero-order valence-corrected chi connectivity index (χ0v) is 21.9. The number of aryl methyl sites for hydroxylation is 1. The fourth-order valence-corrected chi connectivity index (χ4v) is 3.80. The van der Waals surface area contributed by atoms with Gasteiger partial charge < -0.3 is 10.6 Å². The van der Waals surface area contributed by atoms with E-state index in [9.17, 15) is 9.59 Å². The Hall–Kier alpha value is -2.78. The number of carbonyl (C=O) groups is 2. The first-order valence-corrected chi connectivity index (χ1v) is 11.9. The highest BCUT2D eigenvalue weighted by molar-refractivity contribution is 14.1. The van der Waals surface area contributed by atoms with Crippen LogP contribution in [0.15, 0.2) is 66.7 Å². The van der Waals surface area contributed by atoms with Crippen molar-refractivity contribution in [2.45, 2.75) is 33.1 Å². The predicted molar refractivity (Wildman–Crippen MR) is 147 cm³/mol. The second kappa shape index (κ2) is 10.4. The first kappa shape index (κ1) is 24.9. The molecule has 0 saturated carbocycles. The van der Waals surface area contributed by atoms with Gasteiger partial charge in [0.1, 0.15) is 0 Å². The van der Waals surface area contributed by atoms with Crippen LogP contribution in [0.25, 0.3) is 0 Å². The summed E-state index contributed by atoms with van der Waals surface area (Å²) >= 11 is 7.48. The molecule has 170 valence electrons. The zero-order chi connectivity index (χ0) is 24.2. The highest BCUT2D eigenvalue weighted by Crippen LogP contribution is 2.23. The van der Waals surface area contributed by atoms with Crippen LogP contribution in [-0.4, -0.2) is 16.9 Å². The number of thiocarbonyl (C=S) groups is 1. The van der Waals surface area contributed by atoms with Crippen LogP contribution in [0.2, 0.25) is 0 Å². The van der Waals surface area contributed by atoms with Crippen LogP contribution in [0.5, 0.6) is 0 Å². The molecule has 0 aliphatic heterocycles. The molecular formula is C26H26IN3O2S. The van der Waals surface area contributed by atoms with Crippen LogP contribution in [0.3, 0.4) is 0 Å². The summed E-state index contributed by atoms with van der Waals surface area (Å²) in [5.74, 6) is -0.481. The van der Waals surface area contributed by atoms with Crippen molar-refractivity contribution in [2.24, 2.45) is 0 Å². The third-order valence-corrected chi connectivity index (χ3v) is 6.42. The molecule has 0 spiro atoms. The lowest BCUT2D eigenvalue weighted by atomic mass is 9.87. The molecule has 3 aromatic carbocycles. The Morgan fingerprint density at radius 1 is 0.818 bits per heavy atom. The van der Waals surface area contributed by atoms with Gasteiger partial charge >= 0.3 is 0 Å². The van der Waals surface area contributed by atoms with Gasteiger partial charge in [-0.2, -0.15) is 0 Å². The Balaban J connectivity index is 1.62. The van der Waals surface area contributed by atoms with E-state index in [0.29, 0.717) is 22.5 Å². The third kappa shape index (κ3) is 6.85. The first-order valence-electron chi connectivity index (χ1n) is 10.4. The summed E-state index contributed by atoms with van der Waals surface area (Å²) in [6.07, 6.45) is 0. The minimum atomic E-state index is -0.284. The van der Waals surface area contributed by atoms with E-state index in [1.165, 1.54) is 5.56 Å². The molecule has 3 rings (SSSR count). The van der Waals surface area contributed by atoms with Gasteiger partial charge in [0, 0.05) is 26.1 Å². The van der Waals surface area contributed by atoms with Gasteiger partial charge in [0.05, 0.1) is 0 Å². The van der Waals surface area contributed by atoms with Crippen LogP contribution < -0.4 is 16.0 Å². The maximum absolute atomic E-state index is 12.6. The van der Waals surface area contributed by atoms with Crippen molar-refractivity contribution in [1.29, 1.82) is 0 Å². The van der Waals surface area contributed by atoms with Crippen molar-refractivity contribution < 1.29 is 9.59 Å². The van der Waals surface area contributed by atoms with Gasteiger partial charge in [0.25, 0.3) is 11.8 Å². The number of anilines is 2. The molecule has 0 unspecified atom stereocenters. The fraction of sp³-hybridized carbons (Fsp3) is 0.192. The van der Waals surface area contributed by atoms with Gasteiger partial charge in [-0.15, -0.1) is 0 Å². The number of benzene rings is 3. The van der Waals surface area contributed by atoms with E-state index >= 15 is 0 Å². The van der Waals surface area contributed by atoms with Gasteiger partial charge in [-0.05, 0) is 101 Å². The molecule has 0 fully saturated rings. The SMILES string of the molecule is Cc1ccc(C(=O)NC(=S)Nc2cccc(NC(=O)c3ccc(C(C)(C)C)cc3)c2)cc1I. The maximum atomic E-state index is 12.6. The van der Waals surface area contributed by atoms with Crippen LogP contribution in [-0.2, 0) is 5.41 Å². The summed E-state index contributed by atoms with van der Waals surface area (Å²) in [6.45, 7) is 8.39. The van der Waals surface area contributed by atoms with E-state index in [0.717, 1.165) is 9.13 Å². The monoisotopic (exact) mass is 571 g/mol. The predicted octanol–water partition coefficient (Wildman–Crippen LogP) is 6.28. The maximum Gasteiger partial charge on any atom is 0.257 e. The molecule has 7 heteroatoms. The van der Waals surface area contributed by atoms with Crippen molar-refractivity contribution >= 4 is 63.1 Å². The minimum Gasteiger partial charge on any atom is -0.332 e. The number of rotatable bonds is 4. The quantitative estimate of drug-likeness (QED) is 0.255. The molecule has 2 amide bonds. The summed E-state index contributed by atoms with van der Waals surface area (Å²) in [5.41, 5.74) is 4.69. The Kier molecular flexibility index (Phi) is 7.86. The number of halogens is 1. The molecule has 0 aliphatic carbocycles. The Morgan fingerprint density at radius 2 is 1.42 bits per heavy atom. The number of hydrogen-bond acceptors (Lipinski definition) is 3. The minimum absolute atomic E-state index is 0.0285.